The molecular formula is C31H24F4N6O2. The first kappa shape index (κ1) is 28.1. The number of benzene rings is 2. The predicted octanol–water partition coefficient (Wildman–Crippen LogP) is 5.47. The molecule has 0 aliphatic carbocycles. The molecule has 43 heavy (non-hydrogen) atoms. The van der Waals surface area contributed by atoms with Crippen LogP contribution in [0.15, 0.2) is 60.9 Å². The lowest BCUT2D eigenvalue weighted by Crippen LogP contribution is -2.48. The van der Waals surface area contributed by atoms with Gasteiger partial charge in [-0.15, -0.1) is 0 Å². The second kappa shape index (κ2) is 10.7. The van der Waals surface area contributed by atoms with Gasteiger partial charge in [-0.1, -0.05) is 12.1 Å². The molecule has 2 aliphatic heterocycles. The zero-order valence-corrected chi connectivity index (χ0v) is 22.9. The molecule has 0 unspecified atom stereocenters. The van der Waals surface area contributed by atoms with Crippen molar-refractivity contribution in [1.29, 1.82) is 5.26 Å². The Morgan fingerprint density at radius 1 is 1.09 bits per heavy atom. The Balaban J connectivity index is 1.29. The number of aromatic nitrogens is 3. The zero-order chi connectivity index (χ0) is 30.5. The van der Waals surface area contributed by atoms with E-state index in [1.165, 1.54) is 27.9 Å². The lowest BCUT2D eigenvalue weighted by atomic mass is 10.0. The third-order valence-electron chi connectivity index (χ3n) is 7.92. The fraction of sp³-hybridized carbons (Fsp3) is 0.258. The van der Waals surface area contributed by atoms with Gasteiger partial charge in [0, 0.05) is 37.1 Å². The Morgan fingerprint density at radius 3 is 2.53 bits per heavy atom. The Labute approximate surface area is 243 Å². The first-order valence-corrected chi connectivity index (χ1v) is 13.6. The number of hydrogen-bond acceptors (Lipinski definition) is 5. The van der Waals surface area contributed by atoms with Crippen LogP contribution in [0.1, 0.15) is 45.6 Å². The summed E-state index contributed by atoms with van der Waals surface area (Å²) in [6.07, 6.45) is -0.750. The van der Waals surface area contributed by atoms with Gasteiger partial charge in [-0.05, 0) is 67.3 Å². The number of amides is 2. The van der Waals surface area contributed by atoms with Gasteiger partial charge in [-0.25, -0.2) is 9.07 Å². The maximum absolute atomic E-state index is 15.0. The van der Waals surface area contributed by atoms with Crippen LogP contribution in [0.4, 0.5) is 23.2 Å². The monoisotopic (exact) mass is 588 g/mol. The number of halogens is 4. The van der Waals surface area contributed by atoms with Crippen molar-refractivity contribution in [3.05, 3.63) is 94.7 Å². The molecule has 0 radical (unpaired) electrons. The van der Waals surface area contributed by atoms with Gasteiger partial charge in [-0.2, -0.15) is 23.5 Å². The number of nitrogens with zero attached hydrogens (tertiary/aromatic N) is 6. The quantitative estimate of drug-likeness (QED) is 0.295. The van der Waals surface area contributed by atoms with Crippen molar-refractivity contribution in [1.82, 2.24) is 19.7 Å². The molecule has 2 aromatic carbocycles. The zero-order valence-electron chi connectivity index (χ0n) is 22.9. The highest BCUT2D eigenvalue weighted by molar-refractivity contribution is 6.02. The van der Waals surface area contributed by atoms with Crippen LogP contribution < -0.4 is 4.90 Å². The highest BCUT2D eigenvalue weighted by Gasteiger charge is 2.38. The Morgan fingerprint density at radius 2 is 1.86 bits per heavy atom. The molecule has 2 amide bonds. The molecule has 1 fully saturated rings. The molecule has 2 aromatic heterocycles. The summed E-state index contributed by atoms with van der Waals surface area (Å²) >= 11 is 0. The van der Waals surface area contributed by atoms with Gasteiger partial charge in [0.15, 0.2) is 5.69 Å². The SMILES string of the molecule is Cc1ccc2c(c1F)N(C1CCN(C(=O)c3cc(-c4cccnc4)n(-c4ccc(C#N)c(C(F)(F)F)c4)n3)CC1)C(=O)C2. The van der Waals surface area contributed by atoms with Crippen molar-refractivity contribution in [2.45, 2.75) is 38.4 Å². The number of hydrogen-bond donors (Lipinski definition) is 0. The molecule has 4 aromatic rings. The van der Waals surface area contributed by atoms with Crippen molar-refractivity contribution >= 4 is 17.5 Å². The number of anilines is 1. The number of rotatable bonds is 4. The molecule has 8 nitrogen and oxygen atoms in total. The molecule has 4 heterocycles. The molecule has 218 valence electrons. The van der Waals surface area contributed by atoms with Gasteiger partial charge in [-0.3, -0.25) is 14.6 Å². The number of carbonyl (C=O) groups excluding carboxylic acids is 2. The number of pyridine rings is 1. The minimum Gasteiger partial charge on any atom is -0.337 e. The Kier molecular flexibility index (Phi) is 6.96. The van der Waals surface area contributed by atoms with Gasteiger partial charge in [0.1, 0.15) is 5.82 Å². The second-order valence-corrected chi connectivity index (χ2v) is 10.6. The number of likely N-dealkylation sites (tertiary alicyclic amines) is 1. The first-order chi connectivity index (χ1) is 20.6. The number of carbonyl (C=O) groups is 2. The van der Waals surface area contributed by atoms with Crippen LogP contribution >= 0.6 is 0 Å². The molecule has 2 aliphatic rings. The lowest BCUT2D eigenvalue weighted by Gasteiger charge is -2.37. The van der Waals surface area contributed by atoms with Crippen molar-refractivity contribution in [2.24, 2.45) is 0 Å². The minimum atomic E-state index is -4.77. The standard InChI is InChI=1S/C31H24F4N6O2/c1-18-4-5-19-13-27(42)40(29(19)28(18)32)22-8-11-39(12-9-22)30(43)25-15-26(21-3-2-10-37-17-21)41(38-25)23-7-6-20(16-36)24(14-23)31(33,34)35/h2-7,10,14-15,17,22H,8-9,11-13H2,1H3. The average Bonchev–Trinajstić information content (AvgIpc) is 3.60. The lowest BCUT2D eigenvalue weighted by molar-refractivity contribution is -0.137. The summed E-state index contributed by atoms with van der Waals surface area (Å²) in [7, 11) is 0. The summed E-state index contributed by atoms with van der Waals surface area (Å²) in [6.45, 7) is 2.21. The van der Waals surface area contributed by atoms with Gasteiger partial charge in [0.2, 0.25) is 5.91 Å². The van der Waals surface area contributed by atoms with E-state index >= 15 is 4.39 Å². The summed E-state index contributed by atoms with van der Waals surface area (Å²) in [5.74, 6) is -1.02. The number of nitriles is 1. The Hall–Kier alpha value is -5.05. The average molecular weight is 589 g/mol. The molecular weight excluding hydrogens is 564 g/mol. The first-order valence-electron chi connectivity index (χ1n) is 13.6. The summed E-state index contributed by atoms with van der Waals surface area (Å²) in [4.78, 5) is 33.6. The minimum absolute atomic E-state index is 0.0134. The fourth-order valence-electron chi connectivity index (χ4n) is 5.76. The van der Waals surface area contributed by atoms with E-state index in [2.05, 4.69) is 10.1 Å². The van der Waals surface area contributed by atoms with Crippen molar-refractivity contribution in [3.8, 4) is 23.0 Å². The maximum atomic E-state index is 15.0. The predicted molar refractivity (Wildman–Crippen MR) is 148 cm³/mol. The highest BCUT2D eigenvalue weighted by Crippen LogP contribution is 2.38. The van der Waals surface area contributed by atoms with Crippen molar-refractivity contribution in [2.75, 3.05) is 18.0 Å². The molecule has 12 heteroatoms. The molecule has 0 bridgehead atoms. The number of piperidine rings is 1. The van der Waals surface area contributed by atoms with E-state index in [1.807, 2.05) is 0 Å². The van der Waals surface area contributed by atoms with Crippen LogP contribution in [0, 0.1) is 24.1 Å². The summed E-state index contributed by atoms with van der Waals surface area (Å²) in [5, 5.41) is 13.6. The third-order valence-corrected chi connectivity index (χ3v) is 7.92. The van der Waals surface area contributed by atoms with Crippen LogP contribution in [-0.4, -0.2) is 50.6 Å². The van der Waals surface area contributed by atoms with E-state index in [4.69, 9.17) is 0 Å². The fourth-order valence-corrected chi connectivity index (χ4v) is 5.76. The van der Waals surface area contributed by atoms with E-state index in [-0.39, 0.29) is 42.8 Å². The highest BCUT2D eigenvalue weighted by atomic mass is 19.4. The van der Waals surface area contributed by atoms with Crippen LogP contribution in [0.25, 0.3) is 16.9 Å². The number of aryl methyl sites for hydroxylation is 1. The normalized spacial score (nSPS) is 15.5. The summed E-state index contributed by atoms with van der Waals surface area (Å²) in [5.41, 5.74) is 0.677. The van der Waals surface area contributed by atoms with E-state index in [1.54, 1.807) is 48.4 Å². The third kappa shape index (κ3) is 5.01. The number of alkyl halides is 3. The van der Waals surface area contributed by atoms with Crippen LogP contribution in [0.3, 0.4) is 0 Å². The molecule has 0 atom stereocenters. The van der Waals surface area contributed by atoms with E-state index < -0.39 is 29.0 Å². The molecule has 0 spiro atoms. The smallest absolute Gasteiger partial charge is 0.337 e. The second-order valence-electron chi connectivity index (χ2n) is 10.6. The van der Waals surface area contributed by atoms with Crippen molar-refractivity contribution in [3.63, 3.8) is 0 Å². The van der Waals surface area contributed by atoms with Gasteiger partial charge in [0.25, 0.3) is 5.91 Å². The molecule has 1 saturated heterocycles. The molecule has 0 saturated carbocycles. The van der Waals surface area contributed by atoms with E-state index in [0.29, 0.717) is 40.9 Å². The van der Waals surface area contributed by atoms with Crippen LogP contribution in [0.2, 0.25) is 0 Å². The van der Waals surface area contributed by atoms with E-state index in [0.717, 1.165) is 12.1 Å². The van der Waals surface area contributed by atoms with Gasteiger partial charge >= 0.3 is 6.18 Å². The van der Waals surface area contributed by atoms with Crippen LogP contribution in [-0.2, 0) is 17.4 Å². The molecule has 0 N–H and O–H groups in total. The maximum Gasteiger partial charge on any atom is 0.417 e. The van der Waals surface area contributed by atoms with Crippen LogP contribution in [0.5, 0.6) is 0 Å². The van der Waals surface area contributed by atoms with Crippen molar-refractivity contribution < 1.29 is 27.2 Å². The Bertz CT molecular complexity index is 1790. The van der Waals surface area contributed by atoms with Gasteiger partial charge < -0.3 is 9.80 Å². The topological polar surface area (TPSA) is 95.1 Å². The summed E-state index contributed by atoms with van der Waals surface area (Å²) < 4.78 is 57.4. The summed E-state index contributed by atoms with van der Waals surface area (Å²) in [6, 6.07) is 12.8. The molecule has 6 rings (SSSR count). The largest absolute Gasteiger partial charge is 0.417 e. The van der Waals surface area contributed by atoms with E-state index in [9.17, 15) is 28.0 Å². The van der Waals surface area contributed by atoms with Gasteiger partial charge in [0.05, 0.1) is 40.7 Å². The number of fused-ring (bicyclic) bond motifs is 1.